The molecule has 33 heavy (non-hydrogen) atoms. The third-order valence-corrected chi connectivity index (χ3v) is 5.66. The van der Waals surface area contributed by atoms with Crippen molar-refractivity contribution >= 4 is 106 Å². The van der Waals surface area contributed by atoms with Crippen molar-refractivity contribution in [1.29, 1.82) is 0 Å². The number of hydrogen-bond acceptors (Lipinski definition) is 3. The molecule has 0 bridgehead atoms. The van der Waals surface area contributed by atoms with Crippen LogP contribution in [-0.2, 0) is 15.8 Å². The van der Waals surface area contributed by atoms with Gasteiger partial charge in [-0.05, 0) is 50.1 Å². The molecule has 0 saturated heterocycles. The number of phosphoric acid groups is 1. The van der Waals surface area contributed by atoms with Gasteiger partial charge in [-0.3, -0.25) is 9.69 Å². The van der Waals surface area contributed by atoms with Gasteiger partial charge >= 0.3 is 83.3 Å². The molecule has 2 aliphatic rings. The summed E-state index contributed by atoms with van der Waals surface area (Å²) in [7, 11) is -2.49. The van der Waals surface area contributed by atoms with Crippen LogP contribution in [0, 0.1) is 5.92 Å². The number of benzene rings is 1. The summed E-state index contributed by atoms with van der Waals surface area (Å²) < 4.78 is 8.88. The Morgan fingerprint density at radius 2 is 1.76 bits per heavy atom. The molecule has 1 aliphatic heterocycles. The van der Waals surface area contributed by atoms with Crippen molar-refractivity contribution in [2.45, 2.75) is 26.3 Å². The number of carbonyl (C=O) groups excluding carboxylic acids is 1. The van der Waals surface area contributed by atoms with Gasteiger partial charge in [-0.2, -0.15) is 0 Å². The van der Waals surface area contributed by atoms with E-state index in [0.717, 1.165) is 26.1 Å². The van der Waals surface area contributed by atoms with E-state index in [1.165, 1.54) is 27.6 Å². The molecule has 4 rings (SSSR count). The molecular weight excluding hydrogens is 505 g/mol. The van der Waals surface area contributed by atoms with Gasteiger partial charge in [0.1, 0.15) is 0 Å². The van der Waals surface area contributed by atoms with Gasteiger partial charge in [0.05, 0.1) is 5.92 Å². The molecule has 0 saturated carbocycles. The number of amides is 1. The van der Waals surface area contributed by atoms with E-state index in [9.17, 15) is 4.79 Å². The van der Waals surface area contributed by atoms with Crippen LogP contribution in [0.2, 0.25) is 0 Å². The van der Waals surface area contributed by atoms with Crippen LogP contribution in [0.1, 0.15) is 25.0 Å². The second-order valence-corrected chi connectivity index (χ2v) is 8.48. The average molecular weight is 542 g/mol. The molecule has 0 fully saturated rings. The van der Waals surface area contributed by atoms with Crippen LogP contribution in [-0.4, -0.2) is 155 Å². The predicted octanol–water partition coefficient (Wildman–Crippen LogP) is -1.50. The summed E-state index contributed by atoms with van der Waals surface area (Å²) in [6.07, 6.45) is 5.41. The van der Waals surface area contributed by atoms with E-state index >= 15 is 0 Å². The Morgan fingerprint density at radius 1 is 1.18 bits per heavy atom. The van der Waals surface area contributed by atoms with Crippen molar-refractivity contribution in [1.82, 2.24) is 14.8 Å². The summed E-state index contributed by atoms with van der Waals surface area (Å²) in [6, 6.07) is 6.82. The molecule has 1 aromatic carbocycles. The monoisotopic (exact) mass is 541 g/mol. The fourth-order valence-electron chi connectivity index (χ4n) is 4.38. The first-order chi connectivity index (χ1) is 13.6. The Bertz CT molecular complexity index is 983. The summed E-state index contributed by atoms with van der Waals surface area (Å²) in [5.41, 5.74) is 5.21. The van der Waals surface area contributed by atoms with Crippen molar-refractivity contribution in [2.24, 2.45) is 5.92 Å². The minimum absolute atomic E-state index is 0. The average Bonchev–Trinajstić information content (AvgIpc) is 3.06. The van der Waals surface area contributed by atoms with E-state index in [4.69, 9.17) is 19.2 Å². The van der Waals surface area contributed by atoms with Gasteiger partial charge in [0, 0.05) is 42.8 Å². The van der Waals surface area contributed by atoms with Gasteiger partial charge in [0.15, 0.2) is 0 Å². The normalized spacial score (nSPS) is 18.5. The predicted molar refractivity (Wildman–Crippen MR) is 136 cm³/mol. The summed E-state index contributed by atoms with van der Waals surface area (Å²) in [5.74, 6) is 0.210. The standard InChI is InChI=1S/C20H25N3O.2Ca.H3O4P.2H2O.4H/c1-4-23(5-2)20(24)14-9-16-15-7-6-8-17-19(15)13(11-21-17)10-18(16)22(3)12-14;;;1-5(2,3)4;;;;;;/h6-9,11,14,18,21H,4-5,10,12H2,1-3H3;;;(H3,1,2,3,4);2*1H2;;;;/t14-,18-;;;;;;;;;/m1........./s1. The van der Waals surface area contributed by atoms with Crippen LogP contribution < -0.4 is 0 Å². The molecular formula is C20H36Ca2N3O7P. The van der Waals surface area contributed by atoms with Crippen molar-refractivity contribution in [3.63, 3.8) is 0 Å². The summed E-state index contributed by atoms with van der Waals surface area (Å²) in [6.45, 7) is 6.47. The van der Waals surface area contributed by atoms with Gasteiger partial charge in [-0.15, -0.1) is 0 Å². The van der Waals surface area contributed by atoms with Crippen molar-refractivity contribution in [3.05, 3.63) is 41.6 Å². The number of nitrogens with zero attached hydrogens (tertiary/aromatic N) is 2. The molecule has 2 aromatic rings. The first-order valence-corrected chi connectivity index (χ1v) is 11.3. The third kappa shape index (κ3) is 8.53. The number of aromatic amines is 1. The number of rotatable bonds is 3. The van der Waals surface area contributed by atoms with Gasteiger partial charge in [-0.25, -0.2) is 4.57 Å². The van der Waals surface area contributed by atoms with Crippen LogP contribution in [0.4, 0.5) is 0 Å². The maximum atomic E-state index is 12.9. The van der Waals surface area contributed by atoms with Crippen molar-refractivity contribution in [2.75, 3.05) is 26.7 Å². The maximum absolute atomic E-state index is 12.9. The van der Waals surface area contributed by atoms with Crippen LogP contribution in [0.5, 0.6) is 0 Å². The van der Waals surface area contributed by atoms with E-state index in [1.807, 2.05) is 4.90 Å². The molecule has 1 aliphatic carbocycles. The molecule has 0 spiro atoms. The molecule has 0 radical (unpaired) electrons. The third-order valence-electron chi connectivity index (χ3n) is 5.66. The first-order valence-electron chi connectivity index (χ1n) is 9.72. The van der Waals surface area contributed by atoms with E-state index in [2.05, 4.69) is 61.3 Å². The topological polar surface area (TPSA) is 180 Å². The van der Waals surface area contributed by atoms with Crippen LogP contribution in [0.3, 0.4) is 0 Å². The fourth-order valence-corrected chi connectivity index (χ4v) is 4.38. The molecule has 13 heteroatoms. The zero-order valence-corrected chi connectivity index (χ0v) is 18.8. The zero-order chi connectivity index (χ0) is 21.3. The quantitative estimate of drug-likeness (QED) is 0.271. The Labute approximate surface area is 253 Å². The van der Waals surface area contributed by atoms with E-state index in [-0.39, 0.29) is 98.3 Å². The molecule has 10 nitrogen and oxygen atoms in total. The summed E-state index contributed by atoms with van der Waals surface area (Å²) >= 11 is 0. The number of H-pyrrole nitrogens is 1. The molecule has 1 amide bonds. The SMILES string of the molecule is CCN(CC)C(=O)[C@@H]1C=C2c3cccc4[nH]cc(c34)C[C@H]2N(C)C1.O.O.O=P(O)(O)O.[CaH2].[CaH2]. The fraction of sp³-hybridized carbons (Fsp3) is 0.450. The molecule has 2 heterocycles. The second kappa shape index (κ2) is 14.9. The number of carbonyl (C=O) groups is 1. The number of hydrogen-bond donors (Lipinski definition) is 4. The number of aromatic nitrogens is 1. The number of fused-ring (bicyclic) bond motifs is 2. The zero-order valence-electron chi connectivity index (χ0n) is 17.9. The Morgan fingerprint density at radius 3 is 2.30 bits per heavy atom. The minimum atomic E-state index is -4.64. The van der Waals surface area contributed by atoms with Crippen molar-refractivity contribution < 1.29 is 35.0 Å². The summed E-state index contributed by atoms with van der Waals surface area (Å²) in [4.78, 5) is 42.1. The Balaban J connectivity index is 0. The Hall–Kier alpha value is 0.479. The Kier molecular flexibility index (Phi) is 16.1. The molecule has 0 unspecified atom stereocenters. The summed E-state index contributed by atoms with van der Waals surface area (Å²) in [5, 5.41) is 1.34. The van der Waals surface area contributed by atoms with Gasteiger partial charge in [-0.1, -0.05) is 18.2 Å². The molecule has 8 N–H and O–H groups in total. The second-order valence-electron chi connectivity index (χ2n) is 7.45. The van der Waals surface area contributed by atoms with E-state index in [1.54, 1.807) is 0 Å². The number of nitrogens with one attached hydrogen (secondary N) is 1. The number of likely N-dealkylation sites (N-methyl/N-ethyl adjacent to an activating group) is 1. The van der Waals surface area contributed by atoms with Crippen LogP contribution in [0.25, 0.3) is 16.5 Å². The molecule has 2 atom stereocenters. The van der Waals surface area contributed by atoms with Crippen molar-refractivity contribution in [3.8, 4) is 0 Å². The van der Waals surface area contributed by atoms with E-state index < -0.39 is 7.82 Å². The van der Waals surface area contributed by atoms with Crippen LogP contribution >= 0.6 is 7.82 Å². The van der Waals surface area contributed by atoms with Crippen LogP contribution in [0.15, 0.2) is 30.5 Å². The molecule has 182 valence electrons. The first kappa shape index (κ1) is 35.6. The molecule has 1 aromatic heterocycles. The van der Waals surface area contributed by atoms with Gasteiger partial charge in [0.2, 0.25) is 5.91 Å². The van der Waals surface area contributed by atoms with Gasteiger partial charge in [0.25, 0.3) is 0 Å². The van der Waals surface area contributed by atoms with E-state index in [0.29, 0.717) is 6.04 Å². The van der Waals surface area contributed by atoms with Gasteiger partial charge < -0.3 is 35.5 Å².